The zero-order valence-corrected chi connectivity index (χ0v) is 35.5. The first kappa shape index (κ1) is 43.3. The number of rotatable bonds is 3. The Morgan fingerprint density at radius 3 is 1.55 bits per heavy atom. The summed E-state index contributed by atoms with van der Waals surface area (Å²) in [6.07, 6.45) is 0.330. The van der Waals surface area contributed by atoms with E-state index in [1.165, 1.54) is 23.6 Å². The van der Waals surface area contributed by atoms with Crippen LogP contribution in [-0.4, -0.2) is 22.6 Å². The van der Waals surface area contributed by atoms with E-state index in [-0.39, 0.29) is 25.0 Å². The van der Waals surface area contributed by atoms with Crippen LogP contribution in [0.4, 0.5) is 28.4 Å². The molecule has 11 rings (SSSR count). The standard InChI is InChI=1S/C28H20N2O.C16H13NO2.C12H12N2.CH4/c1-18(31)30-24-16-7-5-12-21(24)26-23-15-9-14-20(19-10-3-2-4-11-19)27(23)29-28(26)22-13-6-8-17-25(22)30;1-11(18)17-14-8-4-2-6-12(14)10-16(19)13-7-3-5-9-15(13)17;13-14-12-9-5-4-8-11(12)10-6-2-1-3-7-10;/h2-17,29H,1H3;2-9H,10H2,1H3;1-9,14H,13H2;1H4. The molecule has 2 aliphatic heterocycles. The van der Waals surface area contributed by atoms with Crippen molar-refractivity contribution in [2.75, 3.05) is 15.2 Å². The third-order valence-electron chi connectivity index (χ3n) is 11.6. The molecule has 0 atom stereocenters. The first-order chi connectivity index (χ1) is 31.3. The summed E-state index contributed by atoms with van der Waals surface area (Å²) in [6.45, 7) is 3.14. The molecule has 320 valence electrons. The van der Waals surface area contributed by atoms with Gasteiger partial charge in [-0.15, -0.1) is 0 Å². The maximum atomic E-state index is 12.8. The Morgan fingerprint density at radius 1 is 0.492 bits per heavy atom. The lowest BCUT2D eigenvalue weighted by molar-refractivity contribution is -0.116. The van der Waals surface area contributed by atoms with Crippen molar-refractivity contribution < 1.29 is 14.4 Å². The molecule has 0 spiro atoms. The van der Waals surface area contributed by atoms with E-state index in [0.29, 0.717) is 17.7 Å². The Balaban J connectivity index is 0.000000145. The third-order valence-corrected chi connectivity index (χ3v) is 11.6. The maximum Gasteiger partial charge on any atom is 0.228 e. The van der Waals surface area contributed by atoms with Gasteiger partial charge in [0.2, 0.25) is 11.8 Å². The van der Waals surface area contributed by atoms with Crippen LogP contribution in [0.3, 0.4) is 0 Å². The Bertz CT molecular complexity index is 3180. The number of carbonyl (C=O) groups excluding carboxylic acids is 3. The van der Waals surface area contributed by atoms with Gasteiger partial charge in [0, 0.05) is 59.0 Å². The highest BCUT2D eigenvalue weighted by molar-refractivity contribution is 6.17. The Kier molecular flexibility index (Phi) is 12.6. The molecule has 65 heavy (non-hydrogen) atoms. The molecule has 8 aromatic carbocycles. The summed E-state index contributed by atoms with van der Waals surface area (Å²) in [5.74, 6) is 5.40. The Hall–Kier alpha value is -8.33. The monoisotopic (exact) mass is 851 g/mol. The number of nitrogens with one attached hydrogen (secondary N) is 2. The van der Waals surface area contributed by atoms with E-state index in [0.717, 1.165) is 67.2 Å². The van der Waals surface area contributed by atoms with Gasteiger partial charge in [-0.05, 0) is 53.1 Å². The lowest BCUT2D eigenvalue weighted by Gasteiger charge is -2.23. The number of nitrogen functional groups attached to an aromatic ring is 1. The van der Waals surface area contributed by atoms with E-state index >= 15 is 0 Å². The lowest BCUT2D eigenvalue weighted by atomic mass is 9.96. The van der Waals surface area contributed by atoms with Crippen molar-refractivity contribution in [2.24, 2.45) is 5.84 Å². The minimum Gasteiger partial charge on any atom is -0.353 e. The van der Waals surface area contributed by atoms with Crippen molar-refractivity contribution >= 4 is 56.9 Å². The number of hydrazine groups is 1. The number of hydrogen-bond acceptors (Lipinski definition) is 5. The smallest absolute Gasteiger partial charge is 0.228 e. The van der Waals surface area contributed by atoms with Crippen molar-refractivity contribution in [1.29, 1.82) is 0 Å². The fourth-order valence-electron chi connectivity index (χ4n) is 8.79. The second-order valence-electron chi connectivity index (χ2n) is 15.5. The van der Waals surface area contributed by atoms with Crippen LogP contribution in [0.15, 0.2) is 200 Å². The van der Waals surface area contributed by atoms with E-state index < -0.39 is 0 Å². The van der Waals surface area contributed by atoms with Gasteiger partial charge in [-0.3, -0.25) is 30.0 Å². The molecule has 0 fully saturated rings. The summed E-state index contributed by atoms with van der Waals surface area (Å²) in [5, 5.41) is 1.16. The van der Waals surface area contributed by atoms with Gasteiger partial charge in [-0.25, -0.2) is 0 Å². The van der Waals surface area contributed by atoms with Crippen molar-refractivity contribution in [3.05, 3.63) is 211 Å². The number of carbonyl (C=O) groups is 3. The number of nitrogens with zero attached hydrogens (tertiary/aromatic N) is 2. The zero-order valence-electron chi connectivity index (χ0n) is 35.5. The molecule has 4 N–H and O–H groups in total. The fourth-order valence-corrected chi connectivity index (χ4v) is 8.79. The molecule has 1 aromatic heterocycles. The average Bonchev–Trinajstić information content (AvgIpc) is 3.61. The molecule has 2 amide bonds. The number of Topliss-reactive ketones (excluding diaryl/α,β-unsaturated/α-hetero) is 1. The molecule has 0 bridgehead atoms. The van der Waals surface area contributed by atoms with Gasteiger partial charge >= 0.3 is 0 Å². The number of fused-ring (bicyclic) bond motifs is 9. The summed E-state index contributed by atoms with van der Waals surface area (Å²) in [6, 6.07) is 66.1. The molecule has 8 nitrogen and oxygen atoms in total. The Morgan fingerprint density at radius 2 is 0.938 bits per heavy atom. The fraction of sp³-hybridized carbons (Fsp3) is 0.0702. The molecule has 3 heterocycles. The number of aromatic nitrogens is 1. The largest absolute Gasteiger partial charge is 0.353 e. The van der Waals surface area contributed by atoms with Gasteiger partial charge in [-0.2, -0.15) is 0 Å². The maximum absolute atomic E-state index is 12.8. The quantitative estimate of drug-likeness (QED) is 0.121. The van der Waals surface area contributed by atoms with Gasteiger partial charge < -0.3 is 10.4 Å². The van der Waals surface area contributed by atoms with Gasteiger partial charge in [0.25, 0.3) is 0 Å². The van der Waals surface area contributed by atoms with Crippen LogP contribution in [0.25, 0.3) is 55.5 Å². The molecule has 9 aromatic rings. The highest BCUT2D eigenvalue weighted by atomic mass is 16.2. The van der Waals surface area contributed by atoms with E-state index in [1.54, 1.807) is 17.9 Å². The first-order valence-electron chi connectivity index (χ1n) is 21.2. The van der Waals surface area contributed by atoms with Crippen molar-refractivity contribution in [3.8, 4) is 44.6 Å². The van der Waals surface area contributed by atoms with Gasteiger partial charge in [-0.1, -0.05) is 171 Å². The number of anilines is 5. The van der Waals surface area contributed by atoms with Crippen LogP contribution >= 0.6 is 0 Å². The minimum absolute atomic E-state index is 0. The molecular weight excluding hydrogens is 803 g/mol. The highest BCUT2D eigenvalue weighted by Crippen LogP contribution is 2.51. The molecule has 0 saturated carbocycles. The van der Waals surface area contributed by atoms with Crippen LogP contribution in [-0.2, 0) is 16.0 Å². The SMILES string of the molecule is C.CC(=O)N1c2ccccc2-c2[nH]c3c(-c4ccccc4)cccc3c2-c2ccccc21.CC(=O)N1c2ccccc2CC(=O)c2ccccc21.NNc1ccccc1-c1ccccc1. The van der Waals surface area contributed by atoms with Crippen LogP contribution in [0.2, 0.25) is 0 Å². The Labute approximate surface area is 379 Å². The number of benzene rings is 8. The van der Waals surface area contributed by atoms with Crippen LogP contribution in [0, 0.1) is 0 Å². The highest BCUT2D eigenvalue weighted by Gasteiger charge is 2.30. The number of nitrogens with two attached hydrogens (primary N) is 1. The van der Waals surface area contributed by atoms with E-state index in [2.05, 4.69) is 77.1 Å². The average molecular weight is 852 g/mol. The summed E-state index contributed by atoms with van der Waals surface area (Å²) < 4.78 is 0. The molecule has 0 saturated heterocycles. The van der Waals surface area contributed by atoms with Crippen molar-refractivity contribution in [2.45, 2.75) is 27.7 Å². The van der Waals surface area contributed by atoms with Gasteiger partial charge in [0.1, 0.15) is 0 Å². The predicted octanol–water partition coefficient (Wildman–Crippen LogP) is 13.6. The van der Waals surface area contributed by atoms with E-state index in [4.69, 9.17) is 5.84 Å². The van der Waals surface area contributed by atoms with Crippen molar-refractivity contribution in [1.82, 2.24) is 4.98 Å². The van der Waals surface area contributed by atoms with Gasteiger partial charge in [0.05, 0.1) is 39.6 Å². The van der Waals surface area contributed by atoms with E-state index in [9.17, 15) is 14.4 Å². The van der Waals surface area contributed by atoms with Crippen LogP contribution in [0.1, 0.15) is 37.2 Å². The molecule has 0 aliphatic carbocycles. The second kappa shape index (κ2) is 19.0. The number of amides is 2. The summed E-state index contributed by atoms with van der Waals surface area (Å²) in [5.41, 5.74) is 18.4. The molecule has 2 aliphatic rings. The number of H-pyrrole nitrogens is 1. The molecular formula is C57H49N5O3. The number of aromatic amines is 1. The number of para-hydroxylation sites is 6. The van der Waals surface area contributed by atoms with Crippen LogP contribution < -0.4 is 21.1 Å². The third kappa shape index (κ3) is 8.34. The predicted molar refractivity (Wildman–Crippen MR) is 268 cm³/mol. The van der Waals surface area contributed by atoms with Crippen LogP contribution in [0.5, 0.6) is 0 Å². The van der Waals surface area contributed by atoms with Crippen molar-refractivity contribution in [3.63, 3.8) is 0 Å². The second-order valence-corrected chi connectivity index (χ2v) is 15.5. The molecule has 0 unspecified atom stereocenters. The molecule has 8 heteroatoms. The van der Waals surface area contributed by atoms with E-state index in [1.807, 2.05) is 132 Å². The minimum atomic E-state index is -0.0883. The topological polar surface area (TPSA) is 112 Å². The first-order valence-corrected chi connectivity index (χ1v) is 21.2. The zero-order chi connectivity index (χ0) is 44.2. The van der Waals surface area contributed by atoms with Gasteiger partial charge in [0.15, 0.2) is 5.78 Å². The number of ketones is 1. The lowest BCUT2D eigenvalue weighted by Crippen LogP contribution is -2.23. The molecule has 0 radical (unpaired) electrons. The summed E-state index contributed by atoms with van der Waals surface area (Å²) in [7, 11) is 0. The normalized spacial score (nSPS) is 11.8. The summed E-state index contributed by atoms with van der Waals surface area (Å²) >= 11 is 0. The summed E-state index contributed by atoms with van der Waals surface area (Å²) in [4.78, 5) is 44.3. The number of hydrogen-bond donors (Lipinski definition) is 3.